The van der Waals surface area contributed by atoms with Crippen molar-refractivity contribution in [2.24, 2.45) is 0 Å². The van der Waals surface area contributed by atoms with E-state index < -0.39 is 0 Å². The van der Waals surface area contributed by atoms with Crippen LogP contribution in [-0.4, -0.2) is 31.5 Å². The van der Waals surface area contributed by atoms with E-state index in [1.165, 1.54) is 0 Å². The van der Waals surface area contributed by atoms with E-state index in [-0.39, 0.29) is 12.2 Å². The summed E-state index contributed by atoms with van der Waals surface area (Å²) >= 11 is 0. The van der Waals surface area contributed by atoms with Gasteiger partial charge >= 0.3 is 0 Å². The first-order valence-corrected chi connectivity index (χ1v) is 4.87. The van der Waals surface area contributed by atoms with Crippen molar-refractivity contribution in [2.45, 2.75) is 38.0 Å². The minimum Gasteiger partial charge on any atom is -0.353 e. The third kappa shape index (κ3) is 2.42. The van der Waals surface area contributed by atoms with Crippen LogP contribution in [0.1, 0.15) is 25.7 Å². The molecule has 2 saturated heterocycles. The SMILES string of the molecule is O=C1CCC(CCC2OCCO2)N1. The molecule has 1 atom stereocenters. The lowest BCUT2D eigenvalue weighted by Gasteiger charge is -2.12. The maximum atomic E-state index is 10.9. The van der Waals surface area contributed by atoms with Crippen molar-refractivity contribution in [3.8, 4) is 0 Å². The molecule has 0 aromatic rings. The number of carbonyl (C=O) groups is 1. The lowest BCUT2D eigenvalue weighted by Crippen LogP contribution is -2.26. The van der Waals surface area contributed by atoms with Crippen molar-refractivity contribution < 1.29 is 14.3 Å². The van der Waals surface area contributed by atoms with Gasteiger partial charge in [0, 0.05) is 18.9 Å². The first kappa shape index (κ1) is 8.97. The zero-order chi connectivity index (χ0) is 9.10. The largest absolute Gasteiger partial charge is 0.353 e. The predicted molar refractivity (Wildman–Crippen MR) is 46.1 cm³/mol. The highest BCUT2D eigenvalue weighted by Gasteiger charge is 2.23. The van der Waals surface area contributed by atoms with Gasteiger partial charge < -0.3 is 14.8 Å². The van der Waals surface area contributed by atoms with Crippen LogP contribution in [0.4, 0.5) is 0 Å². The molecule has 0 aliphatic carbocycles. The third-order valence-corrected chi connectivity index (χ3v) is 2.53. The van der Waals surface area contributed by atoms with E-state index in [2.05, 4.69) is 5.32 Å². The fourth-order valence-corrected chi connectivity index (χ4v) is 1.81. The van der Waals surface area contributed by atoms with Gasteiger partial charge in [-0.3, -0.25) is 4.79 Å². The Bertz CT molecular complexity index is 189. The van der Waals surface area contributed by atoms with Crippen molar-refractivity contribution in [3.63, 3.8) is 0 Å². The van der Waals surface area contributed by atoms with Crippen LogP contribution in [0.15, 0.2) is 0 Å². The van der Waals surface area contributed by atoms with Crippen molar-refractivity contribution in [1.29, 1.82) is 0 Å². The standard InChI is InChI=1S/C9H15NO3/c11-8-3-1-7(10-8)2-4-9-12-5-6-13-9/h7,9H,1-6H2,(H,10,11). The van der Waals surface area contributed by atoms with Crippen molar-refractivity contribution in [1.82, 2.24) is 5.32 Å². The molecule has 0 aromatic carbocycles. The van der Waals surface area contributed by atoms with E-state index in [4.69, 9.17) is 9.47 Å². The van der Waals surface area contributed by atoms with Gasteiger partial charge in [0.25, 0.3) is 0 Å². The van der Waals surface area contributed by atoms with Crippen LogP contribution < -0.4 is 5.32 Å². The topological polar surface area (TPSA) is 47.6 Å². The number of carbonyl (C=O) groups excluding carboxylic acids is 1. The molecule has 2 fully saturated rings. The molecule has 13 heavy (non-hydrogen) atoms. The molecule has 0 aromatic heterocycles. The lowest BCUT2D eigenvalue weighted by molar-refractivity contribution is -0.119. The molecule has 4 heteroatoms. The summed E-state index contributed by atoms with van der Waals surface area (Å²) in [5, 5.41) is 2.93. The van der Waals surface area contributed by atoms with Crippen LogP contribution >= 0.6 is 0 Å². The number of nitrogens with one attached hydrogen (secondary N) is 1. The van der Waals surface area contributed by atoms with Gasteiger partial charge in [-0.15, -0.1) is 0 Å². The molecule has 74 valence electrons. The summed E-state index contributed by atoms with van der Waals surface area (Å²) in [5.41, 5.74) is 0. The van der Waals surface area contributed by atoms with Gasteiger partial charge in [-0.1, -0.05) is 0 Å². The van der Waals surface area contributed by atoms with Gasteiger partial charge in [0.2, 0.25) is 5.91 Å². The summed E-state index contributed by atoms with van der Waals surface area (Å²) in [6.07, 6.45) is 3.47. The van der Waals surface area contributed by atoms with Crippen LogP contribution in [-0.2, 0) is 14.3 Å². The van der Waals surface area contributed by atoms with Gasteiger partial charge in [-0.2, -0.15) is 0 Å². The van der Waals surface area contributed by atoms with Gasteiger partial charge in [0.1, 0.15) is 0 Å². The molecule has 1 N–H and O–H groups in total. The Balaban J connectivity index is 1.64. The maximum Gasteiger partial charge on any atom is 0.220 e. The minimum atomic E-state index is -0.0301. The molecule has 0 bridgehead atoms. The van der Waals surface area contributed by atoms with Crippen LogP contribution in [0.25, 0.3) is 0 Å². The fraction of sp³-hybridized carbons (Fsp3) is 0.889. The number of hydrogen-bond acceptors (Lipinski definition) is 3. The highest BCUT2D eigenvalue weighted by atomic mass is 16.7. The highest BCUT2D eigenvalue weighted by molar-refractivity contribution is 5.78. The van der Waals surface area contributed by atoms with Crippen LogP contribution in [0.2, 0.25) is 0 Å². The Labute approximate surface area is 77.6 Å². The molecule has 2 heterocycles. The quantitative estimate of drug-likeness (QED) is 0.693. The van der Waals surface area contributed by atoms with Crippen molar-refractivity contribution in [2.75, 3.05) is 13.2 Å². The molecule has 1 unspecified atom stereocenters. The molecular formula is C9H15NO3. The zero-order valence-corrected chi connectivity index (χ0v) is 7.62. The third-order valence-electron chi connectivity index (χ3n) is 2.53. The molecule has 2 aliphatic heterocycles. The van der Waals surface area contributed by atoms with E-state index in [1.807, 2.05) is 0 Å². The molecule has 0 radical (unpaired) electrons. The predicted octanol–water partition coefficient (Wildman–Crippen LogP) is 0.418. The second kappa shape index (κ2) is 4.07. The number of hydrogen-bond donors (Lipinski definition) is 1. The Kier molecular flexibility index (Phi) is 2.80. The lowest BCUT2D eigenvalue weighted by atomic mass is 10.1. The van der Waals surface area contributed by atoms with Crippen molar-refractivity contribution in [3.05, 3.63) is 0 Å². The zero-order valence-electron chi connectivity index (χ0n) is 7.62. The molecular weight excluding hydrogens is 170 g/mol. The second-order valence-corrected chi connectivity index (χ2v) is 3.55. The first-order chi connectivity index (χ1) is 6.34. The summed E-state index contributed by atoms with van der Waals surface area (Å²) < 4.78 is 10.6. The Morgan fingerprint density at radius 1 is 1.31 bits per heavy atom. The van der Waals surface area contributed by atoms with Gasteiger partial charge in [-0.25, -0.2) is 0 Å². The molecule has 2 rings (SSSR count). The van der Waals surface area contributed by atoms with Crippen molar-refractivity contribution >= 4 is 5.91 Å². The summed E-state index contributed by atoms with van der Waals surface area (Å²) in [6, 6.07) is 0.347. The highest BCUT2D eigenvalue weighted by Crippen LogP contribution is 2.16. The fourth-order valence-electron chi connectivity index (χ4n) is 1.81. The normalized spacial score (nSPS) is 29.5. The average Bonchev–Trinajstić information content (AvgIpc) is 2.71. The molecule has 1 amide bonds. The summed E-state index contributed by atoms with van der Waals surface area (Å²) in [6.45, 7) is 1.42. The Hall–Kier alpha value is -0.610. The minimum absolute atomic E-state index is 0.0301. The molecule has 0 saturated carbocycles. The second-order valence-electron chi connectivity index (χ2n) is 3.55. The van der Waals surface area contributed by atoms with Gasteiger partial charge in [0.15, 0.2) is 6.29 Å². The Morgan fingerprint density at radius 3 is 2.69 bits per heavy atom. The van der Waals surface area contributed by atoms with E-state index >= 15 is 0 Å². The number of ether oxygens (including phenoxy) is 2. The molecule has 4 nitrogen and oxygen atoms in total. The summed E-state index contributed by atoms with van der Waals surface area (Å²) in [5.74, 6) is 0.179. The Morgan fingerprint density at radius 2 is 2.08 bits per heavy atom. The first-order valence-electron chi connectivity index (χ1n) is 4.87. The molecule has 2 aliphatic rings. The average molecular weight is 185 g/mol. The van der Waals surface area contributed by atoms with Gasteiger partial charge in [-0.05, 0) is 12.8 Å². The maximum absolute atomic E-state index is 10.9. The monoisotopic (exact) mass is 185 g/mol. The smallest absolute Gasteiger partial charge is 0.220 e. The van der Waals surface area contributed by atoms with E-state index in [0.717, 1.165) is 19.3 Å². The van der Waals surface area contributed by atoms with E-state index in [9.17, 15) is 4.79 Å². The summed E-state index contributed by atoms with van der Waals surface area (Å²) in [4.78, 5) is 10.9. The van der Waals surface area contributed by atoms with Gasteiger partial charge in [0.05, 0.1) is 13.2 Å². The number of rotatable bonds is 3. The van der Waals surface area contributed by atoms with E-state index in [1.54, 1.807) is 0 Å². The van der Waals surface area contributed by atoms with Crippen LogP contribution in [0, 0.1) is 0 Å². The van der Waals surface area contributed by atoms with Crippen LogP contribution in [0.3, 0.4) is 0 Å². The molecule has 0 spiro atoms. The van der Waals surface area contributed by atoms with E-state index in [0.29, 0.717) is 25.7 Å². The van der Waals surface area contributed by atoms with Crippen LogP contribution in [0.5, 0.6) is 0 Å². The summed E-state index contributed by atoms with van der Waals surface area (Å²) in [7, 11) is 0. The number of amides is 1.